The highest BCUT2D eigenvalue weighted by Gasteiger charge is 2.20. The Morgan fingerprint density at radius 1 is 0.327 bits per heavy atom. The van der Waals surface area contributed by atoms with Crippen LogP contribution in [0.5, 0.6) is 0 Å². The van der Waals surface area contributed by atoms with Crippen molar-refractivity contribution >= 4 is 65.4 Å². The molecule has 0 aliphatic rings. The molecule has 3 aromatic heterocycles. The molecule has 0 saturated heterocycles. The zero-order valence-electron chi connectivity index (χ0n) is 27.7. The van der Waals surface area contributed by atoms with E-state index in [2.05, 4.69) is 97.1 Å². The fraction of sp³-hybridized carbons (Fsp3) is 0. The Labute approximate surface area is 297 Å². The molecule has 5 nitrogen and oxygen atoms in total. The monoisotopic (exact) mass is 665 g/mol. The third-order valence-corrected chi connectivity index (χ3v) is 10.1. The number of para-hydroxylation sites is 2. The maximum atomic E-state index is 6.46. The molecule has 0 N–H and O–H groups in total. The first-order chi connectivity index (χ1) is 25.7. The van der Waals surface area contributed by atoms with Crippen molar-refractivity contribution in [2.24, 2.45) is 0 Å². The van der Waals surface area contributed by atoms with Gasteiger partial charge in [-0.1, -0.05) is 133 Å². The number of hydrogen-bond acceptors (Lipinski definition) is 5. The van der Waals surface area contributed by atoms with Gasteiger partial charge < -0.3 is 8.83 Å². The van der Waals surface area contributed by atoms with Gasteiger partial charge in [-0.3, -0.25) is 0 Å². The third kappa shape index (κ3) is 4.46. The van der Waals surface area contributed by atoms with Crippen molar-refractivity contribution in [3.8, 4) is 45.3 Å². The lowest BCUT2D eigenvalue weighted by Gasteiger charge is -2.10. The van der Waals surface area contributed by atoms with Crippen molar-refractivity contribution < 1.29 is 8.83 Å². The number of furan rings is 2. The van der Waals surface area contributed by atoms with Crippen molar-refractivity contribution in [2.75, 3.05) is 0 Å². The second-order valence-electron chi connectivity index (χ2n) is 13.2. The zero-order valence-corrected chi connectivity index (χ0v) is 27.7. The van der Waals surface area contributed by atoms with Crippen LogP contribution in [0.15, 0.2) is 173 Å². The molecule has 8 aromatic carbocycles. The fourth-order valence-electron chi connectivity index (χ4n) is 7.65. The van der Waals surface area contributed by atoms with Crippen molar-refractivity contribution in [1.29, 1.82) is 0 Å². The molecule has 242 valence electrons. The maximum Gasteiger partial charge on any atom is 0.164 e. The van der Waals surface area contributed by atoms with E-state index in [0.717, 1.165) is 77.1 Å². The predicted octanol–water partition coefficient (Wildman–Crippen LogP) is 12.6. The van der Waals surface area contributed by atoms with Gasteiger partial charge in [-0.2, -0.15) is 0 Å². The Morgan fingerprint density at radius 2 is 0.981 bits per heavy atom. The van der Waals surface area contributed by atoms with Crippen LogP contribution in [0.2, 0.25) is 0 Å². The second-order valence-corrected chi connectivity index (χ2v) is 13.2. The highest BCUT2D eigenvalue weighted by Crippen LogP contribution is 2.41. The molecule has 0 aliphatic carbocycles. The molecule has 0 spiro atoms. The van der Waals surface area contributed by atoms with Gasteiger partial charge >= 0.3 is 0 Å². The second kappa shape index (κ2) is 11.2. The molecule has 3 heterocycles. The largest absolute Gasteiger partial charge is 0.456 e. The summed E-state index contributed by atoms with van der Waals surface area (Å²) in [7, 11) is 0. The number of nitrogens with zero attached hydrogens (tertiary/aromatic N) is 3. The summed E-state index contributed by atoms with van der Waals surface area (Å²) in [5.41, 5.74) is 8.10. The van der Waals surface area contributed by atoms with E-state index >= 15 is 0 Å². The number of aromatic nitrogens is 3. The molecule has 52 heavy (non-hydrogen) atoms. The Morgan fingerprint density at radius 3 is 1.90 bits per heavy atom. The van der Waals surface area contributed by atoms with Crippen LogP contribution in [0.3, 0.4) is 0 Å². The summed E-state index contributed by atoms with van der Waals surface area (Å²) in [5, 5.41) is 8.92. The summed E-state index contributed by atoms with van der Waals surface area (Å²) in [6.45, 7) is 0. The molecule has 11 rings (SSSR count). The minimum atomic E-state index is 0.584. The van der Waals surface area contributed by atoms with Crippen molar-refractivity contribution in [2.45, 2.75) is 0 Å². The molecule has 11 aromatic rings. The Balaban J connectivity index is 1.12. The SMILES string of the molecule is c1ccc(-c2nc(-c3ccc4c(ccc5ccccc54)c3)nc(-c3cccc4oc5ccc(-c6cccc7c6oc6ccccc67)cc5c34)n2)cc1. The average molecular weight is 666 g/mol. The van der Waals surface area contributed by atoms with E-state index in [1.165, 1.54) is 16.2 Å². The van der Waals surface area contributed by atoms with Gasteiger partial charge in [0.1, 0.15) is 22.3 Å². The predicted molar refractivity (Wildman–Crippen MR) is 211 cm³/mol. The van der Waals surface area contributed by atoms with Crippen LogP contribution >= 0.6 is 0 Å². The van der Waals surface area contributed by atoms with E-state index in [0.29, 0.717) is 17.5 Å². The molecule has 0 radical (unpaired) electrons. The van der Waals surface area contributed by atoms with Crippen LogP contribution in [0.1, 0.15) is 0 Å². The molecule has 0 unspecified atom stereocenters. The lowest BCUT2D eigenvalue weighted by molar-refractivity contribution is 0.668. The normalized spacial score (nSPS) is 11.8. The van der Waals surface area contributed by atoms with Gasteiger partial charge in [0.25, 0.3) is 0 Å². The van der Waals surface area contributed by atoms with E-state index in [9.17, 15) is 0 Å². The lowest BCUT2D eigenvalue weighted by atomic mass is 9.99. The summed E-state index contributed by atoms with van der Waals surface area (Å²) in [6.07, 6.45) is 0. The Bertz CT molecular complexity index is 3190. The van der Waals surface area contributed by atoms with Crippen molar-refractivity contribution in [3.05, 3.63) is 164 Å². The summed E-state index contributed by atoms with van der Waals surface area (Å²) in [5.74, 6) is 1.81. The maximum absolute atomic E-state index is 6.46. The number of rotatable bonds is 4. The van der Waals surface area contributed by atoms with E-state index in [4.69, 9.17) is 23.8 Å². The molecule has 0 aliphatic heterocycles. The number of hydrogen-bond donors (Lipinski definition) is 0. The van der Waals surface area contributed by atoms with Crippen LogP contribution in [0.4, 0.5) is 0 Å². The van der Waals surface area contributed by atoms with E-state index < -0.39 is 0 Å². The third-order valence-electron chi connectivity index (χ3n) is 10.1. The minimum Gasteiger partial charge on any atom is -0.456 e. The summed E-state index contributed by atoms with van der Waals surface area (Å²) in [6, 6.07) is 56.3. The Kier molecular flexibility index (Phi) is 6.18. The molecule has 5 heteroatoms. The zero-order chi connectivity index (χ0) is 34.2. The molecular weight excluding hydrogens is 639 g/mol. The topological polar surface area (TPSA) is 65.0 Å². The van der Waals surface area contributed by atoms with E-state index in [1.807, 2.05) is 66.7 Å². The van der Waals surface area contributed by atoms with E-state index in [1.54, 1.807) is 0 Å². The standard InChI is InChI=1S/C47H27N3O2/c1-2-11-29(12-3-1)45-48-46(32-22-24-34-30(26-32)21-20-28-10-4-5-13-33(28)34)50-47(49-45)38-17-9-19-42-43(38)39-27-31(23-25-41(39)51-42)35-15-8-16-37-36-14-6-7-18-40(36)52-44(35)37/h1-27H. The molecule has 0 saturated carbocycles. The van der Waals surface area contributed by atoms with Gasteiger partial charge in [-0.25, -0.2) is 15.0 Å². The number of fused-ring (bicyclic) bond motifs is 9. The highest BCUT2D eigenvalue weighted by molar-refractivity contribution is 6.15. The average Bonchev–Trinajstić information content (AvgIpc) is 3.79. The molecule has 0 fully saturated rings. The van der Waals surface area contributed by atoms with Crippen molar-refractivity contribution in [1.82, 2.24) is 15.0 Å². The van der Waals surface area contributed by atoms with E-state index in [-0.39, 0.29) is 0 Å². The summed E-state index contributed by atoms with van der Waals surface area (Å²) >= 11 is 0. The van der Waals surface area contributed by atoms with Gasteiger partial charge in [0.05, 0.1) is 0 Å². The molecule has 0 bridgehead atoms. The first-order valence-electron chi connectivity index (χ1n) is 17.3. The first-order valence-corrected chi connectivity index (χ1v) is 17.3. The van der Waals surface area contributed by atoms with Crippen molar-refractivity contribution in [3.63, 3.8) is 0 Å². The van der Waals surface area contributed by atoms with Gasteiger partial charge in [-0.05, 0) is 57.4 Å². The number of benzene rings is 8. The van der Waals surface area contributed by atoms with Crippen LogP contribution in [0.25, 0.3) is 111 Å². The van der Waals surface area contributed by atoms with Gasteiger partial charge in [0, 0.05) is 43.8 Å². The van der Waals surface area contributed by atoms with Gasteiger partial charge in [0.2, 0.25) is 0 Å². The van der Waals surface area contributed by atoms with Gasteiger partial charge in [0.15, 0.2) is 17.5 Å². The van der Waals surface area contributed by atoms with Crippen LogP contribution in [0, 0.1) is 0 Å². The summed E-state index contributed by atoms with van der Waals surface area (Å²) < 4.78 is 12.9. The van der Waals surface area contributed by atoms with Crippen LogP contribution < -0.4 is 0 Å². The Hall–Kier alpha value is -7.11. The summed E-state index contributed by atoms with van der Waals surface area (Å²) in [4.78, 5) is 15.3. The first kappa shape index (κ1) is 28.7. The quantitative estimate of drug-likeness (QED) is 0.175. The van der Waals surface area contributed by atoms with Crippen LogP contribution in [-0.2, 0) is 0 Å². The van der Waals surface area contributed by atoms with Gasteiger partial charge in [-0.15, -0.1) is 0 Å². The molecule has 0 atom stereocenters. The molecule has 0 amide bonds. The fourth-order valence-corrected chi connectivity index (χ4v) is 7.65. The van der Waals surface area contributed by atoms with Crippen LogP contribution in [-0.4, -0.2) is 15.0 Å². The smallest absolute Gasteiger partial charge is 0.164 e. The lowest BCUT2D eigenvalue weighted by Crippen LogP contribution is -2.00. The minimum absolute atomic E-state index is 0.584. The molecular formula is C47H27N3O2. The highest BCUT2D eigenvalue weighted by atomic mass is 16.3.